The average molecular weight is 363 g/mol. The molecule has 1 aliphatic heterocycles. The fourth-order valence-corrected chi connectivity index (χ4v) is 4.29. The molecule has 0 aromatic heterocycles. The van der Waals surface area contributed by atoms with Crippen molar-refractivity contribution in [1.29, 1.82) is 0 Å². The number of nitrogens with zero attached hydrogens (tertiary/aromatic N) is 1. The molecule has 1 fully saturated rings. The lowest BCUT2D eigenvalue weighted by Gasteiger charge is -2.27. The zero-order valence-corrected chi connectivity index (χ0v) is 15.6. The molecule has 5 nitrogen and oxygen atoms in total. The van der Waals surface area contributed by atoms with Crippen molar-refractivity contribution in [2.75, 3.05) is 17.3 Å². The molecular formula is C22H25N3O2. The Morgan fingerprint density at radius 3 is 2.67 bits per heavy atom. The summed E-state index contributed by atoms with van der Waals surface area (Å²) in [6.45, 7) is 0. The third-order valence-electron chi connectivity index (χ3n) is 5.76. The summed E-state index contributed by atoms with van der Waals surface area (Å²) in [6.07, 6.45) is 4.21. The second-order valence-corrected chi connectivity index (χ2v) is 7.47. The van der Waals surface area contributed by atoms with Gasteiger partial charge in [0.2, 0.25) is 5.91 Å². The monoisotopic (exact) mass is 363 g/mol. The molecule has 1 saturated carbocycles. The van der Waals surface area contributed by atoms with Crippen LogP contribution in [0.3, 0.4) is 0 Å². The van der Waals surface area contributed by atoms with Gasteiger partial charge in [-0.15, -0.1) is 0 Å². The number of anilines is 2. The normalized spacial score (nSPS) is 21.7. The highest BCUT2D eigenvalue weighted by Crippen LogP contribution is 2.35. The minimum Gasteiger partial charge on any atom is -0.335 e. The standard InChI is InChI=1S/C22H25N3O2/c1-25-20-9-5-8-19(18(20)12-13-21(25)26)24-22(27)23-17-11-10-16(14-17)15-6-3-2-4-7-15/h2-9,16-17H,10-14H2,1H3,(H2,23,24,27)/t16-,17-/m0/s1. The van der Waals surface area contributed by atoms with E-state index in [2.05, 4.69) is 34.9 Å². The molecule has 0 spiro atoms. The number of nitrogens with one attached hydrogen (secondary N) is 2. The van der Waals surface area contributed by atoms with Crippen molar-refractivity contribution in [3.05, 3.63) is 59.7 Å². The fraction of sp³-hybridized carbons (Fsp3) is 0.364. The second-order valence-electron chi connectivity index (χ2n) is 7.47. The molecule has 2 N–H and O–H groups in total. The van der Waals surface area contributed by atoms with Gasteiger partial charge in [0.1, 0.15) is 0 Å². The Kier molecular flexibility index (Phi) is 4.84. The van der Waals surface area contributed by atoms with Crippen LogP contribution < -0.4 is 15.5 Å². The van der Waals surface area contributed by atoms with Gasteiger partial charge in [-0.25, -0.2) is 4.79 Å². The maximum absolute atomic E-state index is 12.5. The highest BCUT2D eigenvalue weighted by molar-refractivity contribution is 5.99. The smallest absolute Gasteiger partial charge is 0.319 e. The molecule has 2 aromatic carbocycles. The Bertz CT molecular complexity index is 850. The minimum atomic E-state index is -0.165. The van der Waals surface area contributed by atoms with Crippen LogP contribution in [0.25, 0.3) is 0 Å². The van der Waals surface area contributed by atoms with Crippen LogP contribution in [0, 0.1) is 0 Å². The summed E-state index contributed by atoms with van der Waals surface area (Å²) in [7, 11) is 1.78. The summed E-state index contributed by atoms with van der Waals surface area (Å²) in [6, 6.07) is 16.3. The number of rotatable bonds is 3. The predicted molar refractivity (Wildman–Crippen MR) is 107 cm³/mol. The first kappa shape index (κ1) is 17.6. The van der Waals surface area contributed by atoms with E-state index in [1.807, 2.05) is 24.3 Å². The number of urea groups is 1. The van der Waals surface area contributed by atoms with Crippen LogP contribution in [-0.2, 0) is 11.2 Å². The van der Waals surface area contributed by atoms with Crippen molar-refractivity contribution in [2.45, 2.75) is 44.1 Å². The quantitative estimate of drug-likeness (QED) is 0.864. The molecule has 140 valence electrons. The number of fused-ring (bicyclic) bond motifs is 1. The topological polar surface area (TPSA) is 61.4 Å². The van der Waals surface area contributed by atoms with E-state index in [0.29, 0.717) is 18.8 Å². The van der Waals surface area contributed by atoms with E-state index in [1.54, 1.807) is 11.9 Å². The van der Waals surface area contributed by atoms with Gasteiger partial charge in [0.25, 0.3) is 0 Å². The number of carbonyl (C=O) groups excluding carboxylic acids is 2. The van der Waals surface area contributed by atoms with Crippen LogP contribution in [-0.4, -0.2) is 25.0 Å². The Morgan fingerprint density at radius 2 is 1.85 bits per heavy atom. The molecule has 1 heterocycles. The zero-order valence-electron chi connectivity index (χ0n) is 15.6. The molecule has 0 bridgehead atoms. The van der Waals surface area contributed by atoms with E-state index < -0.39 is 0 Å². The van der Waals surface area contributed by atoms with Gasteiger partial charge < -0.3 is 15.5 Å². The van der Waals surface area contributed by atoms with E-state index in [-0.39, 0.29) is 18.0 Å². The van der Waals surface area contributed by atoms with E-state index in [0.717, 1.165) is 36.2 Å². The van der Waals surface area contributed by atoms with E-state index in [4.69, 9.17) is 0 Å². The summed E-state index contributed by atoms with van der Waals surface area (Å²) in [5.41, 5.74) is 4.06. The molecule has 4 rings (SSSR count). The van der Waals surface area contributed by atoms with Crippen molar-refractivity contribution in [3.8, 4) is 0 Å². The third-order valence-corrected chi connectivity index (χ3v) is 5.76. The molecule has 0 radical (unpaired) electrons. The average Bonchev–Trinajstić information content (AvgIpc) is 3.14. The van der Waals surface area contributed by atoms with Crippen LogP contribution in [0.15, 0.2) is 48.5 Å². The molecule has 2 atom stereocenters. The van der Waals surface area contributed by atoms with Crippen LogP contribution in [0.1, 0.15) is 42.7 Å². The van der Waals surface area contributed by atoms with Gasteiger partial charge in [-0.2, -0.15) is 0 Å². The number of carbonyl (C=O) groups is 2. The van der Waals surface area contributed by atoms with Crippen LogP contribution in [0.2, 0.25) is 0 Å². The summed E-state index contributed by atoms with van der Waals surface area (Å²) in [4.78, 5) is 26.1. The van der Waals surface area contributed by atoms with Gasteiger partial charge in [0, 0.05) is 30.9 Å². The van der Waals surface area contributed by atoms with Crippen LogP contribution in [0.4, 0.5) is 16.2 Å². The first-order chi connectivity index (χ1) is 13.1. The first-order valence-corrected chi connectivity index (χ1v) is 9.62. The third kappa shape index (κ3) is 3.68. The summed E-state index contributed by atoms with van der Waals surface area (Å²) in [5.74, 6) is 0.627. The van der Waals surface area contributed by atoms with Crippen molar-refractivity contribution >= 4 is 23.3 Å². The van der Waals surface area contributed by atoms with Crippen molar-refractivity contribution in [1.82, 2.24) is 5.32 Å². The zero-order chi connectivity index (χ0) is 18.8. The Hall–Kier alpha value is -2.82. The molecule has 3 amide bonds. The second kappa shape index (κ2) is 7.43. The molecule has 2 aliphatic rings. The molecule has 5 heteroatoms. The molecule has 2 aromatic rings. The number of benzene rings is 2. The largest absolute Gasteiger partial charge is 0.335 e. The fourth-order valence-electron chi connectivity index (χ4n) is 4.29. The Labute approximate surface area is 159 Å². The summed E-state index contributed by atoms with van der Waals surface area (Å²) in [5, 5.41) is 6.12. The van der Waals surface area contributed by atoms with E-state index in [9.17, 15) is 9.59 Å². The lowest BCUT2D eigenvalue weighted by molar-refractivity contribution is -0.118. The van der Waals surface area contributed by atoms with Gasteiger partial charge in [-0.3, -0.25) is 4.79 Å². The molecular weight excluding hydrogens is 338 g/mol. The highest BCUT2D eigenvalue weighted by Gasteiger charge is 2.28. The lowest BCUT2D eigenvalue weighted by atomic mass is 9.98. The summed E-state index contributed by atoms with van der Waals surface area (Å²) < 4.78 is 0. The molecule has 1 aliphatic carbocycles. The predicted octanol–water partition coefficient (Wildman–Crippen LogP) is 4.05. The maximum atomic E-state index is 12.5. The van der Waals surface area contributed by atoms with Crippen molar-refractivity contribution in [3.63, 3.8) is 0 Å². The van der Waals surface area contributed by atoms with E-state index in [1.165, 1.54) is 5.56 Å². The number of amides is 3. The Morgan fingerprint density at radius 1 is 1.04 bits per heavy atom. The minimum absolute atomic E-state index is 0.113. The maximum Gasteiger partial charge on any atom is 0.319 e. The SMILES string of the molecule is CN1C(=O)CCc2c(NC(=O)N[C@H]3CC[C@H](c4ccccc4)C3)cccc21. The summed E-state index contributed by atoms with van der Waals surface area (Å²) >= 11 is 0. The van der Waals surface area contributed by atoms with Crippen molar-refractivity contribution < 1.29 is 9.59 Å². The van der Waals surface area contributed by atoms with Gasteiger partial charge in [-0.05, 0) is 54.9 Å². The lowest BCUT2D eigenvalue weighted by Crippen LogP contribution is -2.37. The van der Waals surface area contributed by atoms with Gasteiger partial charge in [0.05, 0.1) is 0 Å². The highest BCUT2D eigenvalue weighted by atomic mass is 16.2. The number of hydrogen-bond donors (Lipinski definition) is 2. The molecule has 27 heavy (non-hydrogen) atoms. The van der Waals surface area contributed by atoms with Gasteiger partial charge in [-0.1, -0.05) is 36.4 Å². The van der Waals surface area contributed by atoms with E-state index >= 15 is 0 Å². The molecule has 0 unspecified atom stereocenters. The van der Waals surface area contributed by atoms with Gasteiger partial charge >= 0.3 is 6.03 Å². The Balaban J connectivity index is 1.39. The van der Waals surface area contributed by atoms with Crippen molar-refractivity contribution in [2.24, 2.45) is 0 Å². The van der Waals surface area contributed by atoms with Gasteiger partial charge in [0.15, 0.2) is 0 Å². The first-order valence-electron chi connectivity index (χ1n) is 9.62. The number of hydrogen-bond acceptors (Lipinski definition) is 2. The van der Waals surface area contributed by atoms with Crippen LogP contribution >= 0.6 is 0 Å². The van der Waals surface area contributed by atoms with Crippen LogP contribution in [0.5, 0.6) is 0 Å². The molecule has 0 saturated heterocycles.